The SMILES string of the molecule is COC[C@H]1O[C@@H](OC)[C@H](NC(C)=O)[C@@H](OC(=O)C(C)(C)C)[C@@H]1O. The van der Waals surface area contributed by atoms with Crippen LogP contribution in [0.25, 0.3) is 0 Å². The zero-order valence-corrected chi connectivity index (χ0v) is 14.5. The van der Waals surface area contributed by atoms with Crippen LogP contribution in [0.2, 0.25) is 0 Å². The first-order valence-corrected chi connectivity index (χ1v) is 7.45. The first kappa shape index (κ1) is 19.8. The number of rotatable bonds is 5. The smallest absolute Gasteiger partial charge is 0.311 e. The summed E-state index contributed by atoms with van der Waals surface area (Å²) in [5, 5.41) is 13.1. The van der Waals surface area contributed by atoms with Crippen molar-refractivity contribution in [2.45, 2.75) is 58.3 Å². The molecule has 134 valence electrons. The molecular weight excluding hydrogens is 306 g/mol. The summed E-state index contributed by atoms with van der Waals surface area (Å²) in [5.74, 6) is -0.848. The average molecular weight is 333 g/mol. The maximum absolute atomic E-state index is 12.2. The number of aliphatic hydroxyl groups excluding tert-OH is 1. The molecule has 0 radical (unpaired) electrons. The Bertz CT molecular complexity index is 421. The van der Waals surface area contributed by atoms with Gasteiger partial charge < -0.3 is 29.4 Å². The van der Waals surface area contributed by atoms with Crippen molar-refractivity contribution in [2.24, 2.45) is 5.41 Å². The molecule has 0 aromatic carbocycles. The minimum atomic E-state index is -1.16. The van der Waals surface area contributed by atoms with Gasteiger partial charge in [0.25, 0.3) is 0 Å². The molecule has 1 aliphatic heterocycles. The van der Waals surface area contributed by atoms with Gasteiger partial charge in [-0.15, -0.1) is 0 Å². The Kier molecular flexibility index (Phi) is 6.94. The number of carbonyl (C=O) groups excluding carboxylic acids is 2. The van der Waals surface area contributed by atoms with Gasteiger partial charge in [-0.3, -0.25) is 9.59 Å². The highest BCUT2D eigenvalue weighted by Crippen LogP contribution is 2.27. The van der Waals surface area contributed by atoms with Gasteiger partial charge >= 0.3 is 5.97 Å². The van der Waals surface area contributed by atoms with Crippen molar-refractivity contribution in [3.05, 3.63) is 0 Å². The molecule has 1 heterocycles. The largest absolute Gasteiger partial charge is 0.457 e. The van der Waals surface area contributed by atoms with Crippen molar-refractivity contribution in [3.63, 3.8) is 0 Å². The molecule has 0 unspecified atom stereocenters. The number of methoxy groups -OCH3 is 2. The van der Waals surface area contributed by atoms with Gasteiger partial charge in [0.15, 0.2) is 12.4 Å². The van der Waals surface area contributed by atoms with Gasteiger partial charge in [0.1, 0.15) is 18.2 Å². The summed E-state index contributed by atoms with van der Waals surface area (Å²) in [5.41, 5.74) is -0.752. The molecule has 2 N–H and O–H groups in total. The van der Waals surface area contributed by atoms with Crippen LogP contribution in [0.5, 0.6) is 0 Å². The van der Waals surface area contributed by atoms with E-state index < -0.39 is 42.0 Å². The molecule has 0 spiro atoms. The van der Waals surface area contributed by atoms with E-state index in [2.05, 4.69) is 5.32 Å². The minimum Gasteiger partial charge on any atom is -0.457 e. The summed E-state index contributed by atoms with van der Waals surface area (Å²) in [6, 6.07) is -0.827. The molecule has 8 heteroatoms. The Morgan fingerprint density at radius 1 is 1.26 bits per heavy atom. The predicted molar refractivity (Wildman–Crippen MR) is 80.5 cm³/mol. The second-order valence-electron chi connectivity index (χ2n) is 6.57. The van der Waals surface area contributed by atoms with Gasteiger partial charge in [0.2, 0.25) is 5.91 Å². The molecule has 1 aliphatic rings. The van der Waals surface area contributed by atoms with E-state index in [0.29, 0.717) is 0 Å². The van der Waals surface area contributed by atoms with Gasteiger partial charge in [0.05, 0.1) is 12.0 Å². The average Bonchev–Trinajstić information content (AvgIpc) is 2.44. The lowest BCUT2D eigenvalue weighted by atomic mass is 9.94. The molecule has 5 atom stereocenters. The van der Waals surface area contributed by atoms with Gasteiger partial charge in [-0.05, 0) is 20.8 Å². The molecule has 1 rings (SSSR count). The fraction of sp³-hybridized carbons (Fsp3) is 0.867. The Morgan fingerprint density at radius 2 is 1.87 bits per heavy atom. The van der Waals surface area contributed by atoms with Crippen molar-refractivity contribution in [1.82, 2.24) is 5.32 Å². The van der Waals surface area contributed by atoms with Crippen LogP contribution in [0, 0.1) is 5.41 Å². The van der Waals surface area contributed by atoms with Crippen molar-refractivity contribution >= 4 is 11.9 Å². The summed E-state index contributed by atoms with van der Waals surface area (Å²) >= 11 is 0. The van der Waals surface area contributed by atoms with E-state index in [4.69, 9.17) is 18.9 Å². The molecule has 0 bridgehead atoms. The molecule has 23 heavy (non-hydrogen) atoms. The monoisotopic (exact) mass is 333 g/mol. The number of carbonyl (C=O) groups is 2. The summed E-state index contributed by atoms with van der Waals surface area (Å²) in [7, 11) is 2.87. The zero-order chi connectivity index (χ0) is 17.8. The Balaban J connectivity index is 3.06. The number of aliphatic hydroxyl groups is 1. The van der Waals surface area contributed by atoms with E-state index in [1.807, 2.05) is 0 Å². The molecule has 1 amide bonds. The predicted octanol–water partition coefficient (Wildman–Crippen LogP) is -0.172. The van der Waals surface area contributed by atoms with Crippen LogP contribution in [0.3, 0.4) is 0 Å². The van der Waals surface area contributed by atoms with E-state index in [0.717, 1.165) is 0 Å². The quantitative estimate of drug-likeness (QED) is 0.673. The lowest BCUT2D eigenvalue weighted by molar-refractivity contribution is -0.269. The van der Waals surface area contributed by atoms with E-state index in [-0.39, 0.29) is 12.5 Å². The van der Waals surface area contributed by atoms with Crippen molar-refractivity contribution in [2.75, 3.05) is 20.8 Å². The van der Waals surface area contributed by atoms with Crippen LogP contribution in [0.4, 0.5) is 0 Å². The second-order valence-corrected chi connectivity index (χ2v) is 6.57. The molecule has 0 aromatic rings. The van der Waals surface area contributed by atoms with Crippen LogP contribution < -0.4 is 5.32 Å². The molecule has 1 fully saturated rings. The first-order valence-electron chi connectivity index (χ1n) is 7.45. The van der Waals surface area contributed by atoms with Crippen molar-refractivity contribution < 1.29 is 33.6 Å². The first-order chi connectivity index (χ1) is 10.6. The van der Waals surface area contributed by atoms with Crippen LogP contribution in [0.15, 0.2) is 0 Å². The number of ether oxygens (including phenoxy) is 4. The normalized spacial score (nSPS) is 31.5. The summed E-state index contributed by atoms with van der Waals surface area (Å²) < 4.78 is 21.3. The second kappa shape index (κ2) is 8.05. The lowest BCUT2D eigenvalue weighted by Gasteiger charge is -2.44. The summed E-state index contributed by atoms with van der Waals surface area (Å²) in [4.78, 5) is 23.7. The molecule has 8 nitrogen and oxygen atoms in total. The molecule has 0 aliphatic carbocycles. The highest BCUT2D eigenvalue weighted by molar-refractivity contribution is 5.76. The maximum Gasteiger partial charge on any atom is 0.311 e. The molecule has 1 saturated heterocycles. The number of hydrogen-bond donors (Lipinski definition) is 2. The third-order valence-corrected chi connectivity index (χ3v) is 3.46. The number of amides is 1. The molecule has 0 saturated carbocycles. The van der Waals surface area contributed by atoms with Crippen molar-refractivity contribution in [1.29, 1.82) is 0 Å². The van der Waals surface area contributed by atoms with E-state index in [1.54, 1.807) is 20.8 Å². The standard InChI is InChI=1S/C15H27NO7/c1-8(17)16-10-12(23-14(19)15(2,3)4)11(18)9(7-20-5)22-13(10)21-6/h9-13,18H,7H2,1-6H3,(H,16,17)/t9-,10-,11-,12-,13-/m1/s1. The van der Waals surface area contributed by atoms with Crippen LogP contribution in [-0.2, 0) is 28.5 Å². The molecule has 0 aromatic heterocycles. The molecular formula is C15H27NO7. The Labute approximate surface area is 136 Å². The number of hydrogen-bond acceptors (Lipinski definition) is 7. The zero-order valence-electron chi connectivity index (χ0n) is 14.5. The Morgan fingerprint density at radius 3 is 2.30 bits per heavy atom. The topological polar surface area (TPSA) is 103 Å². The summed E-state index contributed by atoms with van der Waals surface area (Å²) in [6.07, 6.45) is -3.79. The third kappa shape index (κ3) is 5.13. The van der Waals surface area contributed by atoms with E-state index >= 15 is 0 Å². The van der Waals surface area contributed by atoms with Crippen molar-refractivity contribution in [3.8, 4) is 0 Å². The van der Waals surface area contributed by atoms with Gasteiger partial charge in [-0.1, -0.05) is 0 Å². The minimum absolute atomic E-state index is 0.0946. The highest BCUT2D eigenvalue weighted by Gasteiger charge is 2.49. The van der Waals surface area contributed by atoms with E-state index in [1.165, 1.54) is 21.1 Å². The van der Waals surface area contributed by atoms with Crippen LogP contribution in [0.1, 0.15) is 27.7 Å². The highest BCUT2D eigenvalue weighted by atomic mass is 16.7. The lowest BCUT2D eigenvalue weighted by Crippen LogP contribution is -2.65. The van der Waals surface area contributed by atoms with Gasteiger partial charge in [-0.25, -0.2) is 0 Å². The third-order valence-electron chi connectivity index (χ3n) is 3.46. The fourth-order valence-corrected chi connectivity index (χ4v) is 2.25. The number of nitrogens with one attached hydrogen (secondary N) is 1. The summed E-state index contributed by atoms with van der Waals surface area (Å²) in [6.45, 7) is 6.53. The fourth-order valence-electron chi connectivity index (χ4n) is 2.25. The van der Waals surface area contributed by atoms with E-state index in [9.17, 15) is 14.7 Å². The van der Waals surface area contributed by atoms with Crippen LogP contribution >= 0.6 is 0 Å². The Hall–Kier alpha value is -1.22. The maximum atomic E-state index is 12.2. The van der Waals surface area contributed by atoms with Gasteiger partial charge in [0, 0.05) is 21.1 Å². The van der Waals surface area contributed by atoms with Gasteiger partial charge in [-0.2, -0.15) is 0 Å². The number of esters is 1. The van der Waals surface area contributed by atoms with Crippen LogP contribution in [-0.4, -0.2) is 68.5 Å².